The van der Waals surface area contributed by atoms with Crippen molar-refractivity contribution < 1.29 is 19.0 Å². The van der Waals surface area contributed by atoms with Gasteiger partial charge < -0.3 is 29.0 Å². The van der Waals surface area contributed by atoms with Gasteiger partial charge in [-0.05, 0) is 68.8 Å². The number of hydrogen-bond acceptors (Lipinski definition) is 8. The summed E-state index contributed by atoms with van der Waals surface area (Å²) in [5, 5.41) is 9.96. The molecule has 2 aliphatic heterocycles. The first-order valence-electron chi connectivity index (χ1n) is 14.2. The number of carbonyl (C=O) groups excluding carboxylic acids is 1. The Hall–Kier alpha value is -4.62. The summed E-state index contributed by atoms with van der Waals surface area (Å²) in [5.74, 6) is 1.22. The molecule has 2 aromatic carbocycles. The number of carbonyl (C=O) groups is 1. The third kappa shape index (κ3) is 5.87. The van der Waals surface area contributed by atoms with Gasteiger partial charge in [-0.15, -0.1) is 0 Å². The summed E-state index contributed by atoms with van der Waals surface area (Å²) in [6.45, 7) is 9.76. The van der Waals surface area contributed by atoms with Gasteiger partial charge in [0.05, 0.1) is 25.3 Å². The van der Waals surface area contributed by atoms with E-state index in [2.05, 4.69) is 45.2 Å². The Balaban J connectivity index is 1.20. The molecule has 2 aromatic heterocycles. The maximum absolute atomic E-state index is 12.4. The van der Waals surface area contributed by atoms with E-state index in [1.165, 1.54) is 5.69 Å². The first kappa shape index (κ1) is 27.5. The lowest BCUT2D eigenvalue weighted by Crippen LogP contribution is -2.36. The second-order valence-electron chi connectivity index (χ2n) is 11.6. The number of aromatic amines is 1. The number of benzene rings is 2. The zero-order valence-electron chi connectivity index (χ0n) is 24.1. The predicted molar refractivity (Wildman–Crippen MR) is 159 cm³/mol. The van der Waals surface area contributed by atoms with Crippen LogP contribution in [-0.4, -0.2) is 77.0 Å². The van der Waals surface area contributed by atoms with Crippen molar-refractivity contribution in [1.29, 1.82) is 5.26 Å². The number of anilines is 1. The Morgan fingerprint density at radius 3 is 2.57 bits per heavy atom. The van der Waals surface area contributed by atoms with Gasteiger partial charge in [-0.2, -0.15) is 5.26 Å². The van der Waals surface area contributed by atoms with Crippen LogP contribution in [-0.2, 0) is 9.47 Å². The Bertz CT molecular complexity index is 1630. The van der Waals surface area contributed by atoms with Gasteiger partial charge in [0.15, 0.2) is 5.65 Å². The molecule has 10 nitrogen and oxygen atoms in total. The number of likely N-dealkylation sites (tertiary alicyclic amines) is 1. The smallest absolute Gasteiger partial charge is 0.410 e. The van der Waals surface area contributed by atoms with E-state index in [1.54, 1.807) is 11.1 Å². The van der Waals surface area contributed by atoms with Gasteiger partial charge in [0.1, 0.15) is 34.9 Å². The molecule has 1 amide bonds. The average Bonchev–Trinajstić information content (AvgIpc) is 3.65. The highest BCUT2D eigenvalue weighted by atomic mass is 16.6. The summed E-state index contributed by atoms with van der Waals surface area (Å²) in [7, 11) is 0. The van der Waals surface area contributed by atoms with E-state index >= 15 is 0 Å². The zero-order chi connectivity index (χ0) is 29.3. The number of imidazole rings is 1. The van der Waals surface area contributed by atoms with E-state index in [4.69, 9.17) is 19.2 Å². The number of aromatic nitrogens is 3. The summed E-state index contributed by atoms with van der Waals surface area (Å²) >= 11 is 0. The summed E-state index contributed by atoms with van der Waals surface area (Å²) in [6.07, 6.45) is 1.84. The Kier molecular flexibility index (Phi) is 7.43. The van der Waals surface area contributed by atoms with Crippen molar-refractivity contribution in [3.63, 3.8) is 0 Å². The minimum atomic E-state index is -0.555. The summed E-state index contributed by atoms with van der Waals surface area (Å²) in [5.41, 5.74) is 5.11. The van der Waals surface area contributed by atoms with Crippen LogP contribution in [0.15, 0.2) is 54.7 Å². The number of amides is 1. The molecule has 0 saturated carbocycles. The standard InChI is InChI=1S/C32H34N6O4/c1-32(2,3)42-31(39)38-13-11-25(20-38)41-27-9-6-22(18-23(27)19-33)26-10-12-34-30-28(26)35-29(36-30)21-4-7-24(8-5-21)37-14-16-40-17-15-37/h4-10,12,18,25H,11,13-17,20H2,1-3H3,(H,34,35,36). The molecule has 216 valence electrons. The highest BCUT2D eigenvalue weighted by Crippen LogP contribution is 2.33. The van der Waals surface area contributed by atoms with Crippen LogP contribution in [0.2, 0.25) is 0 Å². The number of nitrogens with one attached hydrogen (secondary N) is 1. The number of ether oxygens (including phenoxy) is 3. The highest BCUT2D eigenvalue weighted by molar-refractivity contribution is 5.92. The normalized spacial score (nSPS) is 17.3. The maximum atomic E-state index is 12.4. The summed E-state index contributed by atoms with van der Waals surface area (Å²) in [4.78, 5) is 29.2. The van der Waals surface area contributed by atoms with Gasteiger partial charge in [0.25, 0.3) is 0 Å². The Morgan fingerprint density at radius 1 is 1.07 bits per heavy atom. The third-order valence-corrected chi connectivity index (χ3v) is 7.40. The van der Waals surface area contributed by atoms with Gasteiger partial charge in [-0.25, -0.2) is 14.8 Å². The molecule has 6 rings (SSSR count). The van der Waals surface area contributed by atoms with Gasteiger partial charge in [0, 0.05) is 49.1 Å². The molecule has 1 N–H and O–H groups in total. The van der Waals surface area contributed by atoms with Crippen LogP contribution in [0.4, 0.5) is 10.5 Å². The van der Waals surface area contributed by atoms with Crippen molar-refractivity contribution in [2.24, 2.45) is 0 Å². The Labute approximate surface area is 244 Å². The van der Waals surface area contributed by atoms with Gasteiger partial charge >= 0.3 is 6.09 Å². The largest absolute Gasteiger partial charge is 0.487 e. The van der Waals surface area contributed by atoms with Crippen LogP contribution in [0.5, 0.6) is 5.75 Å². The topological polar surface area (TPSA) is 117 Å². The minimum Gasteiger partial charge on any atom is -0.487 e. The number of pyridine rings is 1. The number of hydrogen-bond donors (Lipinski definition) is 1. The number of morpholine rings is 1. The van der Waals surface area contributed by atoms with E-state index < -0.39 is 5.60 Å². The van der Waals surface area contributed by atoms with Crippen LogP contribution in [0.25, 0.3) is 33.7 Å². The molecule has 0 aliphatic carbocycles. The van der Waals surface area contributed by atoms with Crippen LogP contribution < -0.4 is 9.64 Å². The molecule has 0 radical (unpaired) electrons. The third-order valence-electron chi connectivity index (χ3n) is 7.40. The molecule has 0 spiro atoms. The monoisotopic (exact) mass is 566 g/mol. The van der Waals surface area contributed by atoms with Crippen molar-refractivity contribution in [3.05, 3.63) is 60.3 Å². The van der Waals surface area contributed by atoms with Crippen LogP contribution in [0, 0.1) is 11.3 Å². The second kappa shape index (κ2) is 11.3. The first-order chi connectivity index (χ1) is 20.3. The number of H-pyrrole nitrogens is 1. The van der Waals surface area contributed by atoms with Crippen LogP contribution in [0.3, 0.4) is 0 Å². The first-order valence-corrected chi connectivity index (χ1v) is 14.2. The number of rotatable bonds is 5. The number of nitriles is 1. The van der Waals surface area contributed by atoms with Crippen molar-refractivity contribution in [2.75, 3.05) is 44.3 Å². The lowest BCUT2D eigenvalue weighted by Gasteiger charge is -2.28. The van der Waals surface area contributed by atoms with E-state index in [1.807, 2.05) is 45.0 Å². The molecule has 4 heterocycles. The molecular weight excluding hydrogens is 532 g/mol. The maximum Gasteiger partial charge on any atom is 0.410 e. The van der Waals surface area contributed by atoms with Gasteiger partial charge in [-0.3, -0.25) is 0 Å². The van der Waals surface area contributed by atoms with Crippen molar-refractivity contribution in [3.8, 4) is 34.3 Å². The molecule has 0 bridgehead atoms. The van der Waals surface area contributed by atoms with E-state index in [9.17, 15) is 10.1 Å². The van der Waals surface area contributed by atoms with E-state index in [0.717, 1.165) is 54.3 Å². The molecule has 42 heavy (non-hydrogen) atoms. The molecule has 2 fully saturated rings. The lowest BCUT2D eigenvalue weighted by molar-refractivity contribution is 0.0275. The summed E-state index contributed by atoms with van der Waals surface area (Å²) < 4.78 is 17.1. The molecule has 10 heteroatoms. The van der Waals surface area contributed by atoms with Gasteiger partial charge in [-0.1, -0.05) is 6.07 Å². The fourth-order valence-corrected chi connectivity index (χ4v) is 5.32. The molecular formula is C32H34N6O4. The molecule has 2 aliphatic rings. The van der Waals surface area contributed by atoms with Crippen molar-refractivity contribution in [2.45, 2.75) is 38.9 Å². The molecule has 1 atom stereocenters. The van der Waals surface area contributed by atoms with Crippen LogP contribution in [0.1, 0.15) is 32.8 Å². The molecule has 1 unspecified atom stereocenters. The Morgan fingerprint density at radius 2 is 1.83 bits per heavy atom. The van der Waals surface area contributed by atoms with Crippen molar-refractivity contribution >= 4 is 22.9 Å². The fraction of sp³-hybridized carbons (Fsp3) is 0.375. The molecule has 2 saturated heterocycles. The van der Waals surface area contributed by atoms with Crippen LogP contribution >= 0.6 is 0 Å². The quantitative estimate of drug-likeness (QED) is 0.342. The fourth-order valence-electron chi connectivity index (χ4n) is 5.32. The summed E-state index contributed by atoms with van der Waals surface area (Å²) in [6, 6.07) is 18.1. The van der Waals surface area contributed by atoms with E-state index in [0.29, 0.717) is 36.5 Å². The average molecular weight is 567 g/mol. The van der Waals surface area contributed by atoms with Gasteiger partial charge in [0.2, 0.25) is 0 Å². The second-order valence-corrected chi connectivity index (χ2v) is 11.6. The van der Waals surface area contributed by atoms with E-state index in [-0.39, 0.29) is 12.2 Å². The number of nitrogens with zero attached hydrogens (tertiary/aromatic N) is 5. The SMILES string of the molecule is CC(C)(C)OC(=O)N1CCC(Oc2ccc(-c3ccnc4[nH]c(-c5ccc(N6CCOCC6)cc5)nc34)cc2C#N)C1. The van der Waals surface area contributed by atoms with Crippen molar-refractivity contribution in [1.82, 2.24) is 19.9 Å². The molecule has 4 aromatic rings. The number of fused-ring (bicyclic) bond motifs is 1. The highest BCUT2D eigenvalue weighted by Gasteiger charge is 2.31. The minimum absolute atomic E-state index is 0.216. The zero-order valence-corrected chi connectivity index (χ0v) is 24.1. The lowest BCUT2D eigenvalue weighted by atomic mass is 10.0. The predicted octanol–water partition coefficient (Wildman–Crippen LogP) is 5.39.